The number of nitrogens with zero attached hydrogens (tertiary/aromatic N) is 3. The molecule has 0 unspecified atom stereocenters. The van der Waals surface area contributed by atoms with Gasteiger partial charge in [0.15, 0.2) is 0 Å². The van der Waals surface area contributed by atoms with Crippen molar-refractivity contribution >= 4 is 17.9 Å². The summed E-state index contributed by atoms with van der Waals surface area (Å²) in [4.78, 5) is 46.8. The van der Waals surface area contributed by atoms with E-state index >= 15 is 0 Å². The molecular formula is C32H35N3O4. The molecule has 5 rings (SSSR count). The van der Waals surface area contributed by atoms with Crippen molar-refractivity contribution in [3.63, 3.8) is 0 Å². The predicted octanol–water partition coefficient (Wildman–Crippen LogP) is 4.68. The van der Waals surface area contributed by atoms with Crippen LogP contribution < -0.4 is 0 Å². The van der Waals surface area contributed by atoms with Crippen LogP contribution in [0.5, 0.6) is 0 Å². The van der Waals surface area contributed by atoms with Crippen LogP contribution in [0.4, 0.5) is 4.79 Å². The van der Waals surface area contributed by atoms with E-state index in [0.29, 0.717) is 19.5 Å². The standard InChI is InChI=1S/C32H35N3O4/c1-3-39-31(37)29-27-20-19-26(35(27)32(38)33(2)21-23-13-7-4-8-14-23)22-34(29)30(36)28(24-15-9-5-10-16-24)25-17-11-6-12-18-25/h4-18,26-29H,3,19-22H2,1-2H3/t26-,27+,29+/m0/s1. The molecule has 2 heterocycles. The van der Waals surface area contributed by atoms with Crippen molar-refractivity contribution in [3.8, 4) is 0 Å². The number of benzene rings is 3. The molecule has 0 spiro atoms. The Kier molecular flexibility index (Phi) is 7.96. The molecule has 202 valence electrons. The molecular weight excluding hydrogens is 490 g/mol. The first kappa shape index (κ1) is 26.5. The molecule has 0 radical (unpaired) electrons. The number of rotatable bonds is 7. The third-order valence-corrected chi connectivity index (χ3v) is 7.79. The lowest BCUT2D eigenvalue weighted by Crippen LogP contribution is -2.67. The van der Waals surface area contributed by atoms with Gasteiger partial charge in [0.2, 0.25) is 5.91 Å². The minimum absolute atomic E-state index is 0.129. The van der Waals surface area contributed by atoms with Gasteiger partial charge in [0, 0.05) is 20.1 Å². The van der Waals surface area contributed by atoms with Gasteiger partial charge in [0.05, 0.1) is 24.6 Å². The number of ether oxygens (including phenoxy) is 1. The van der Waals surface area contributed by atoms with Crippen molar-refractivity contribution in [3.05, 3.63) is 108 Å². The topological polar surface area (TPSA) is 70.2 Å². The molecule has 2 saturated heterocycles. The van der Waals surface area contributed by atoms with Gasteiger partial charge >= 0.3 is 12.0 Å². The van der Waals surface area contributed by atoms with Crippen LogP contribution in [0.25, 0.3) is 0 Å². The number of hydrogen-bond donors (Lipinski definition) is 0. The van der Waals surface area contributed by atoms with Crippen molar-refractivity contribution in [2.24, 2.45) is 0 Å². The molecule has 7 heteroatoms. The molecule has 0 aliphatic carbocycles. The third-order valence-electron chi connectivity index (χ3n) is 7.79. The third kappa shape index (κ3) is 5.39. The Labute approximate surface area is 230 Å². The van der Waals surface area contributed by atoms with Gasteiger partial charge in [-0.15, -0.1) is 0 Å². The zero-order valence-corrected chi connectivity index (χ0v) is 22.5. The van der Waals surface area contributed by atoms with Crippen molar-refractivity contribution in [1.82, 2.24) is 14.7 Å². The molecule has 0 N–H and O–H groups in total. The molecule has 3 aromatic carbocycles. The number of fused-ring (bicyclic) bond motifs is 2. The summed E-state index contributed by atoms with van der Waals surface area (Å²) < 4.78 is 5.50. The van der Waals surface area contributed by atoms with Gasteiger partial charge in [0.1, 0.15) is 6.04 Å². The highest BCUT2D eigenvalue weighted by Gasteiger charge is 2.54. The lowest BCUT2D eigenvalue weighted by atomic mass is 9.88. The van der Waals surface area contributed by atoms with E-state index in [0.717, 1.165) is 23.1 Å². The smallest absolute Gasteiger partial charge is 0.331 e. The summed E-state index contributed by atoms with van der Waals surface area (Å²) in [7, 11) is 1.78. The van der Waals surface area contributed by atoms with Gasteiger partial charge in [-0.05, 0) is 36.5 Å². The van der Waals surface area contributed by atoms with Crippen LogP contribution in [-0.2, 0) is 20.9 Å². The molecule has 0 aromatic heterocycles. The van der Waals surface area contributed by atoms with Crippen molar-refractivity contribution in [2.75, 3.05) is 20.2 Å². The summed E-state index contributed by atoms with van der Waals surface area (Å²) in [6.45, 7) is 2.72. The van der Waals surface area contributed by atoms with Gasteiger partial charge in [-0.2, -0.15) is 0 Å². The maximum absolute atomic E-state index is 14.4. The summed E-state index contributed by atoms with van der Waals surface area (Å²) >= 11 is 0. The molecule has 39 heavy (non-hydrogen) atoms. The number of carbonyl (C=O) groups excluding carboxylic acids is 3. The van der Waals surface area contributed by atoms with Crippen LogP contribution in [0, 0.1) is 0 Å². The van der Waals surface area contributed by atoms with Crippen LogP contribution in [0.3, 0.4) is 0 Å². The quantitative estimate of drug-likeness (QED) is 0.420. The van der Waals surface area contributed by atoms with Crippen LogP contribution in [0.1, 0.15) is 42.4 Å². The van der Waals surface area contributed by atoms with Gasteiger partial charge < -0.3 is 19.4 Å². The second-order valence-corrected chi connectivity index (χ2v) is 10.3. The largest absolute Gasteiger partial charge is 0.464 e. The normalized spacial score (nSPS) is 20.1. The summed E-state index contributed by atoms with van der Waals surface area (Å²) in [5, 5.41) is 0. The van der Waals surface area contributed by atoms with E-state index in [9.17, 15) is 14.4 Å². The lowest BCUT2D eigenvalue weighted by molar-refractivity contribution is -0.161. The van der Waals surface area contributed by atoms with Gasteiger partial charge in [-0.25, -0.2) is 9.59 Å². The number of urea groups is 1. The molecule has 7 nitrogen and oxygen atoms in total. The fourth-order valence-corrected chi connectivity index (χ4v) is 6.04. The Bertz CT molecular complexity index is 1250. The first-order chi connectivity index (χ1) is 19.0. The van der Waals surface area contributed by atoms with Crippen LogP contribution in [0.2, 0.25) is 0 Å². The molecule has 2 bridgehead atoms. The zero-order chi connectivity index (χ0) is 27.4. The van der Waals surface area contributed by atoms with E-state index < -0.39 is 24.0 Å². The molecule has 3 atom stereocenters. The van der Waals surface area contributed by atoms with E-state index in [-0.39, 0.29) is 24.6 Å². The number of hydrogen-bond acceptors (Lipinski definition) is 4. The molecule has 3 aromatic rings. The molecule has 2 aliphatic heterocycles. The summed E-state index contributed by atoms with van der Waals surface area (Å²) in [6.07, 6.45) is 1.38. The molecule has 2 aliphatic rings. The summed E-state index contributed by atoms with van der Waals surface area (Å²) in [5.74, 6) is -1.17. The number of piperazine rings is 1. The molecule has 0 saturated carbocycles. The maximum atomic E-state index is 14.4. The Morgan fingerprint density at radius 3 is 2.00 bits per heavy atom. The second kappa shape index (κ2) is 11.7. The number of amides is 3. The minimum atomic E-state index is -0.861. The Hall–Kier alpha value is -4.13. The van der Waals surface area contributed by atoms with Crippen molar-refractivity contribution in [2.45, 2.75) is 50.4 Å². The number of likely N-dealkylation sites (tertiary alicyclic amines) is 1. The first-order valence-electron chi connectivity index (χ1n) is 13.6. The Morgan fingerprint density at radius 2 is 1.44 bits per heavy atom. The van der Waals surface area contributed by atoms with Crippen molar-refractivity contribution in [1.29, 1.82) is 0 Å². The van der Waals surface area contributed by atoms with Crippen LogP contribution in [-0.4, -0.2) is 70.9 Å². The highest BCUT2D eigenvalue weighted by Crippen LogP contribution is 2.38. The Balaban J connectivity index is 1.46. The van der Waals surface area contributed by atoms with Gasteiger partial charge in [-0.1, -0.05) is 91.0 Å². The van der Waals surface area contributed by atoms with E-state index in [2.05, 4.69) is 0 Å². The summed E-state index contributed by atoms with van der Waals surface area (Å²) in [5.41, 5.74) is 2.76. The lowest BCUT2D eigenvalue weighted by Gasteiger charge is -2.47. The molecule has 2 fully saturated rings. The first-order valence-corrected chi connectivity index (χ1v) is 13.6. The highest BCUT2D eigenvalue weighted by atomic mass is 16.5. The number of carbonyl (C=O) groups is 3. The second-order valence-electron chi connectivity index (χ2n) is 10.3. The van der Waals surface area contributed by atoms with E-state index in [4.69, 9.17) is 4.74 Å². The maximum Gasteiger partial charge on any atom is 0.331 e. The summed E-state index contributed by atoms with van der Waals surface area (Å²) in [6, 6.07) is 27.6. The van der Waals surface area contributed by atoms with Crippen LogP contribution in [0.15, 0.2) is 91.0 Å². The fraction of sp³-hybridized carbons (Fsp3) is 0.344. The molecule has 3 amide bonds. The van der Waals surface area contributed by atoms with E-state index in [1.165, 1.54) is 0 Å². The zero-order valence-electron chi connectivity index (χ0n) is 22.5. The monoisotopic (exact) mass is 525 g/mol. The average molecular weight is 526 g/mol. The average Bonchev–Trinajstić information content (AvgIpc) is 3.26. The van der Waals surface area contributed by atoms with Gasteiger partial charge in [-0.3, -0.25) is 4.79 Å². The predicted molar refractivity (Wildman–Crippen MR) is 149 cm³/mol. The van der Waals surface area contributed by atoms with E-state index in [1.807, 2.05) is 95.9 Å². The van der Waals surface area contributed by atoms with Crippen LogP contribution >= 0.6 is 0 Å². The minimum Gasteiger partial charge on any atom is -0.464 e. The van der Waals surface area contributed by atoms with Gasteiger partial charge in [0.25, 0.3) is 0 Å². The SMILES string of the molecule is CCOC(=O)[C@H]1[C@H]2CC[C@@H](CN1C(=O)C(c1ccccc1)c1ccccc1)N2C(=O)N(C)Cc1ccccc1. The Morgan fingerprint density at radius 1 is 0.872 bits per heavy atom. The highest BCUT2D eigenvalue weighted by molar-refractivity contribution is 5.92. The fourth-order valence-electron chi connectivity index (χ4n) is 6.04. The van der Waals surface area contributed by atoms with E-state index in [1.54, 1.807) is 23.8 Å². The number of esters is 1. The van der Waals surface area contributed by atoms with Crippen molar-refractivity contribution < 1.29 is 19.1 Å².